The van der Waals surface area contributed by atoms with Gasteiger partial charge >= 0.3 is 0 Å². The van der Waals surface area contributed by atoms with E-state index in [2.05, 4.69) is 63.0 Å². The Hall–Kier alpha value is -0.840. The molecule has 0 fully saturated rings. The molecular weight excluding hydrogens is 308 g/mol. The summed E-state index contributed by atoms with van der Waals surface area (Å²) in [4.78, 5) is 1.38. The van der Waals surface area contributed by atoms with Gasteiger partial charge in [0.1, 0.15) is 0 Å². The largest absolute Gasteiger partial charge is 0.384 e. The predicted octanol–water partition coefficient (Wildman–Crippen LogP) is 3.81. The Kier molecular flexibility index (Phi) is 3.68. The average Bonchev–Trinajstić information content (AvgIpc) is 2.97. The normalized spacial score (nSPS) is 17.5. The van der Waals surface area contributed by atoms with Crippen molar-refractivity contribution in [3.63, 3.8) is 0 Å². The lowest BCUT2D eigenvalue weighted by atomic mass is 10.0. The first kappa shape index (κ1) is 12.2. The van der Waals surface area contributed by atoms with Gasteiger partial charge in [0.05, 0.1) is 3.79 Å². The van der Waals surface area contributed by atoms with Gasteiger partial charge in [0, 0.05) is 36.1 Å². The maximum absolute atomic E-state index is 3.55. The van der Waals surface area contributed by atoms with Crippen LogP contribution < -0.4 is 10.6 Å². The summed E-state index contributed by atoms with van der Waals surface area (Å²) in [6, 6.07) is 12.9. The van der Waals surface area contributed by atoms with Crippen LogP contribution in [0.25, 0.3) is 0 Å². The molecule has 2 aromatic rings. The van der Waals surface area contributed by atoms with Gasteiger partial charge in [-0.25, -0.2) is 0 Å². The number of benzene rings is 1. The lowest BCUT2D eigenvalue weighted by molar-refractivity contribution is 0.617. The van der Waals surface area contributed by atoms with Gasteiger partial charge in [0.15, 0.2) is 0 Å². The minimum absolute atomic E-state index is 0.588. The van der Waals surface area contributed by atoms with Crippen LogP contribution in [-0.4, -0.2) is 13.1 Å². The summed E-state index contributed by atoms with van der Waals surface area (Å²) >= 11 is 5.29. The van der Waals surface area contributed by atoms with Crippen molar-refractivity contribution in [2.45, 2.75) is 12.5 Å². The van der Waals surface area contributed by atoms with Crippen molar-refractivity contribution in [1.29, 1.82) is 0 Å². The van der Waals surface area contributed by atoms with E-state index in [9.17, 15) is 0 Å². The first-order valence-corrected chi connectivity index (χ1v) is 7.71. The van der Waals surface area contributed by atoms with Crippen molar-refractivity contribution < 1.29 is 0 Å². The molecule has 2 nitrogen and oxygen atoms in total. The molecule has 0 spiro atoms. The summed E-state index contributed by atoms with van der Waals surface area (Å²) in [6.07, 6.45) is 0. The molecule has 1 aromatic carbocycles. The second-order valence-electron chi connectivity index (χ2n) is 4.50. The van der Waals surface area contributed by atoms with Crippen molar-refractivity contribution in [1.82, 2.24) is 5.32 Å². The zero-order valence-corrected chi connectivity index (χ0v) is 12.4. The molecule has 18 heavy (non-hydrogen) atoms. The lowest BCUT2D eigenvalue weighted by Gasteiger charge is -2.10. The van der Waals surface area contributed by atoms with Crippen LogP contribution in [0.2, 0.25) is 0 Å². The highest BCUT2D eigenvalue weighted by Crippen LogP contribution is 2.30. The van der Waals surface area contributed by atoms with Gasteiger partial charge in [0.2, 0.25) is 0 Å². The van der Waals surface area contributed by atoms with E-state index in [-0.39, 0.29) is 0 Å². The third kappa shape index (κ3) is 2.60. The molecule has 0 amide bonds. The maximum atomic E-state index is 3.55. The number of hydrogen-bond acceptors (Lipinski definition) is 3. The molecule has 0 saturated heterocycles. The number of fused-ring (bicyclic) bond motifs is 1. The van der Waals surface area contributed by atoms with Crippen LogP contribution in [0.3, 0.4) is 0 Å². The zero-order chi connectivity index (χ0) is 12.4. The monoisotopic (exact) mass is 322 g/mol. The Morgan fingerprint density at radius 3 is 3.00 bits per heavy atom. The fraction of sp³-hybridized carbons (Fsp3) is 0.286. The Balaban J connectivity index is 1.56. The summed E-state index contributed by atoms with van der Waals surface area (Å²) < 4.78 is 1.20. The summed E-state index contributed by atoms with van der Waals surface area (Å²) in [5.41, 5.74) is 2.74. The summed E-state index contributed by atoms with van der Waals surface area (Å²) in [5.74, 6) is 0.588. The molecule has 1 aromatic heterocycles. The van der Waals surface area contributed by atoms with E-state index < -0.39 is 0 Å². The van der Waals surface area contributed by atoms with Crippen molar-refractivity contribution in [3.05, 3.63) is 50.6 Å². The molecule has 3 rings (SSSR count). The van der Waals surface area contributed by atoms with Gasteiger partial charge in [-0.1, -0.05) is 18.2 Å². The molecule has 94 valence electrons. The van der Waals surface area contributed by atoms with Gasteiger partial charge in [0.25, 0.3) is 0 Å². The van der Waals surface area contributed by atoms with E-state index in [1.165, 1.54) is 19.9 Å². The lowest BCUT2D eigenvalue weighted by Crippen LogP contribution is -2.21. The SMILES string of the molecule is Brc1ccc(CNCC2CNc3ccccc32)s1. The maximum Gasteiger partial charge on any atom is 0.0701 e. The molecule has 1 atom stereocenters. The summed E-state index contributed by atoms with van der Waals surface area (Å²) in [7, 11) is 0. The Morgan fingerprint density at radius 2 is 2.17 bits per heavy atom. The van der Waals surface area contributed by atoms with Crippen molar-refractivity contribution in [3.8, 4) is 0 Å². The number of para-hydroxylation sites is 1. The molecule has 0 bridgehead atoms. The standard InChI is InChI=1S/C14H15BrN2S/c15-14-6-5-11(18-14)9-16-7-10-8-17-13-4-2-1-3-12(10)13/h1-6,10,16-17H,7-9H2. The third-order valence-electron chi connectivity index (χ3n) is 3.26. The van der Waals surface area contributed by atoms with Crippen LogP contribution >= 0.6 is 27.3 Å². The Bertz CT molecular complexity index is 538. The van der Waals surface area contributed by atoms with Crippen LogP contribution in [0.1, 0.15) is 16.4 Å². The fourth-order valence-corrected chi connectivity index (χ4v) is 3.81. The van der Waals surface area contributed by atoms with E-state index in [1.807, 2.05) is 0 Å². The highest BCUT2D eigenvalue weighted by atomic mass is 79.9. The number of thiophene rings is 1. The van der Waals surface area contributed by atoms with Gasteiger partial charge in [-0.05, 0) is 39.7 Å². The minimum Gasteiger partial charge on any atom is -0.384 e. The van der Waals surface area contributed by atoms with Gasteiger partial charge in [-0.3, -0.25) is 0 Å². The topological polar surface area (TPSA) is 24.1 Å². The first-order valence-electron chi connectivity index (χ1n) is 6.10. The summed E-state index contributed by atoms with van der Waals surface area (Å²) in [5, 5.41) is 7.01. The van der Waals surface area contributed by atoms with Crippen LogP contribution in [0, 0.1) is 0 Å². The number of rotatable bonds is 4. The van der Waals surface area contributed by atoms with Gasteiger partial charge in [-0.15, -0.1) is 11.3 Å². The van der Waals surface area contributed by atoms with Crippen molar-refractivity contribution >= 4 is 33.0 Å². The number of halogens is 1. The van der Waals surface area contributed by atoms with Crippen LogP contribution in [0.4, 0.5) is 5.69 Å². The van der Waals surface area contributed by atoms with Gasteiger partial charge < -0.3 is 10.6 Å². The van der Waals surface area contributed by atoms with Gasteiger partial charge in [-0.2, -0.15) is 0 Å². The second-order valence-corrected chi connectivity index (χ2v) is 7.05. The van der Waals surface area contributed by atoms with Crippen LogP contribution in [-0.2, 0) is 6.54 Å². The highest BCUT2D eigenvalue weighted by Gasteiger charge is 2.20. The molecule has 2 N–H and O–H groups in total. The second kappa shape index (κ2) is 5.43. The smallest absolute Gasteiger partial charge is 0.0701 e. The zero-order valence-electron chi connectivity index (χ0n) is 9.95. The third-order valence-corrected chi connectivity index (χ3v) is 4.88. The molecule has 4 heteroatoms. The Labute approximate surface area is 120 Å². The fourth-order valence-electron chi connectivity index (χ4n) is 2.36. The number of nitrogens with one attached hydrogen (secondary N) is 2. The molecule has 2 heterocycles. The number of hydrogen-bond donors (Lipinski definition) is 2. The molecule has 1 unspecified atom stereocenters. The van der Waals surface area contributed by atoms with E-state index in [0.717, 1.165) is 19.6 Å². The first-order chi connectivity index (χ1) is 8.83. The molecule has 1 aliphatic heterocycles. The quantitative estimate of drug-likeness (QED) is 0.894. The van der Waals surface area contributed by atoms with Crippen molar-refractivity contribution in [2.75, 3.05) is 18.4 Å². The van der Waals surface area contributed by atoms with Crippen LogP contribution in [0.5, 0.6) is 0 Å². The minimum atomic E-state index is 0.588. The summed E-state index contributed by atoms with van der Waals surface area (Å²) in [6.45, 7) is 3.02. The number of anilines is 1. The molecule has 0 aliphatic carbocycles. The average molecular weight is 323 g/mol. The van der Waals surface area contributed by atoms with Crippen molar-refractivity contribution in [2.24, 2.45) is 0 Å². The van der Waals surface area contributed by atoms with E-state index in [1.54, 1.807) is 11.3 Å². The van der Waals surface area contributed by atoms with E-state index >= 15 is 0 Å². The molecule has 0 radical (unpaired) electrons. The highest BCUT2D eigenvalue weighted by molar-refractivity contribution is 9.11. The predicted molar refractivity (Wildman–Crippen MR) is 81.4 cm³/mol. The molecular formula is C14H15BrN2S. The van der Waals surface area contributed by atoms with E-state index in [0.29, 0.717) is 5.92 Å². The van der Waals surface area contributed by atoms with E-state index in [4.69, 9.17) is 0 Å². The Morgan fingerprint density at radius 1 is 1.28 bits per heavy atom. The van der Waals surface area contributed by atoms with Crippen LogP contribution in [0.15, 0.2) is 40.2 Å². The molecule has 1 aliphatic rings. The molecule has 0 saturated carbocycles.